The van der Waals surface area contributed by atoms with Gasteiger partial charge in [-0.05, 0) is 18.2 Å². The lowest BCUT2D eigenvalue weighted by Crippen LogP contribution is -2.22. The highest BCUT2D eigenvalue weighted by atomic mass is 32.2. The molecule has 1 aromatic carbocycles. The summed E-state index contributed by atoms with van der Waals surface area (Å²) in [6.45, 7) is 0. The number of benzene rings is 1. The van der Waals surface area contributed by atoms with Gasteiger partial charge in [-0.3, -0.25) is 14.2 Å². The molecule has 0 radical (unpaired) electrons. The van der Waals surface area contributed by atoms with E-state index in [9.17, 15) is 9.59 Å². The van der Waals surface area contributed by atoms with E-state index in [1.165, 1.54) is 4.57 Å². The smallest absolute Gasteiger partial charge is 0.278 e. The number of primary amides is 1. The van der Waals surface area contributed by atoms with E-state index in [4.69, 9.17) is 10.5 Å². The average Bonchev–Trinajstić information content (AvgIpc) is 2.81. The molecule has 3 rings (SSSR count). The molecule has 0 atom stereocenters. The Morgan fingerprint density at radius 2 is 2.09 bits per heavy atom. The third-order valence-electron chi connectivity index (χ3n) is 3.73. The number of aromatic nitrogens is 3. The van der Waals surface area contributed by atoms with E-state index in [-0.39, 0.29) is 11.3 Å². The molecule has 8 heteroatoms. The molecule has 0 fully saturated rings. The Morgan fingerprint density at radius 3 is 2.74 bits per heavy atom. The van der Waals surface area contributed by atoms with Crippen LogP contribution >= 0.6 is 11.8 Å². The molecule has 2 N–H and O–H groups in total. The van der Waals surface area contributed by atoms with Gasteiger partial charge in [0.1, 0.15) is 16.8 Å². The Kier molecular flexibility index (Phi) is 3.77. The molecule has 0 saturated heterocycles. The molecule has 0 aliphatic heterocycles. The molecule has 0 spiro atoms. The normalized spacial score (nSPS) is 11.3. The van der Waals surface area contributed by atoms with Gasteiger partial charge in [0.25, 0.3) is 5.56 Å². The standard InChI is InChI=1S/C15H16N4O3S/c1-18-10-5-4-8(22-3)6-9(10)12-13(18)14(21)19(2)15(17-12)23-7-11(16)20/h4-6H,7H2,1-3H3,(H2,16,20). The third kappa shape index (κ3) is 2.44. The van der Waals surface area contributed by atoms with Gasteiger partial charge >= 0.3 is 0 Å². The van der Waals surface area contributed by atoms with Crippen LogP contribution in [0.15, 0.2) is 28.2 Å². The lowest BCUT2D eigenvalue weighted by Gasteiger charge is -2.06. The summed E-state index contributed by atoms with van der Waals surface area (Å²) in [4.78, 5) is 28.3. The SMILES string of the molecule is COc1ccc2c(c1)c1nc(SCC(N)=O)n(C)c(=O)c1n2C. The Bertz CT molecular complexity index is 990. The predicted molar refractivity (Wildman–Crippen MR) is 89.9 cm³/mol. The number of methoxy groups -OCH3 is 1. The molecular formula is C15H16N4O3S. The number of thioether (sulfide) groups is 1. The fourth-order valence-corrected chi connectivity index (χ4v) is 3.27. The molecule has 0 bridgehead atoms. The number of amides is 1. The Hall–Kier alpha value is -2.48. The van der Waals surface area contributed by atoms with Gasteiger partial charge in [-0.2, -0.15) is 0 Å². The predicted octanol–water partition coefficient (Wildman–Crippen LogP) is 1.01. The molecule has 0 unspecified atom stereocenters. The van der Waals surface area contributed by atoms with Crippen LogP contribution in [0.5, 0.6) is 5.75 Å². The van der Waals surface area contributed by atoms with E-state index in [1.54, 1.807) is 14.2 Å². The average molecular weight is 332 g/mol. The molecule has 23 heavy (non-hydrogen) atoms. The maximum absolute atomic E-state index is 12.7. The summed E-state index contributed by atoms with van der Waals surface area (Å²) in [6.07, 6.45) is 0. The number of carbonyl (C=O) groups is 1. The largest absolute Gasteiger partial charge is 0.497 e. The zero-order valence-corrected chi connectivity index (χ0v) is 13.8. The fourth-order valence-electron chi connectivity index (χ4n) is 2.57. The minimum absolute atomic E-state index is 0.0693. The molecular weight excluding hydrogens is 316 g/mol. The molecule has 0 aliphatic rings. The van der Waals surface area contributed by atoms with E-state index in [1.807, 2.05) is 29.8 Å². The van der Waals surface area contributed by atoms with E-state index in [0.29, 0.717) is 21.9 Å². The van der Waals surface area contributed by atoms with Crippen LogP contribution in [0, 0.1) is 0 Å². The van der Waals surface area contributed by atoms with Gasteiger partial charge in [0.15, 0.2) is 5.16 Å². The third-order valence-corrected chi connectivity index (χ3v) is 4.78. The van der Waals surface area contributed by atoms with Crippen molar-refractivity contribution in [1.82, 2.24) is 14.1 Å². The molecule has 2 aromatic heterocycles. The lowest BCUT2D eigenvalue weighted by molar-refractivity contribution is -0.115. The molecule has 0 saturated carbocycles. The van der Waals surface area contributed by atoms with E-state index >= 15 is 0 Å². The van der Waals surface area contributed by atoms with Crippen molar-refractivity contribution in [2.75, 3.05) is 12.9 Å². The molecule has 3 aromatic rings. The molecule has 1 amide bonds. The van der Waals surface area contributed by atoms with Crippen LogP contribution < -0.4 is 16.0 Å². The summed E-state index contributed by atoms with van der Waals surface area (Å²) in [6, 6.07) is 5.59. The number of carbonyl (C=O) groups excluding carboxylic acids is 1. The van der Waals surface area contributed by atoms with Gasteiger partial charge in [-0.1, -0.05) is 11.8 Å². The monoisotopic (exact) mass is 332 g/mol. The van der Waals surface area contributed by atoms with Crippen molar-refractivity contribution >= 4 is 39.6 Å². The van der Waals surface area contributed by atoms with Gasteiger partial charge < -0.3 is 15.0 Å². The van der Waals surface area contributed by atoms with E-state index in [0.717, 1.165) is 22.7 Å². The van der Waals surface area contributed by atoms with Gasteiger partial charge in [0, 0.05) is 19.5 Å². The molecule has 0 aliphatic carbocycles. The Morgan fingerprint density at radius 1 is 1.35 bits per heavy atom. The number of hydrogen-bond acceptors (Lipinski definition) is 5. The van der Waals surface area contributed by atoms with Gasteiger partial charge in [-0.25, -0.2) is 4.98 Å². The number of nitrogens with two attached hydrogens (primary N) is 1. The van der Waals surface area contributed by atoms with E-state index < -0.39 is 5.91 Å². The summed E-state index contributed by atoms with van der Waals surface area (Å²) in [5.41, 5.74) is 7.01. The van der Waals surface area contributed by atoms with Crippen LogP contribution in [0.3, 0.4) is 0 Å². The summed E-state index contributed by atoms with van der Waals surface area (Å²) in [5.74, 6) is 0.308. The first-order chi connectivity index (χ1) is 10.9. The first-order valence-corrected chi connectivity index (χ1v) is 7.87. The van der Waals surface area contributed by atoms with Crippen molar-refractivity contribution in [1.29, 1.82) is 0 Å². The lowest BCUT2D eigenvalue weighted by atomic mass is 10.2. The number of ether oxygens (including phenoxy) is 1. The van der Waals surface area contributed by atoms with E-state index in [2.05, 4.69) is 4.98 Å². The highest BCUT2D eigenvalue weighted by molar-refractivity contribution is 7.99. The number of aryl methyl sites for hydroxylation is 1. The second-order valence-electron chi connectivity index (χ2n) is 5.15. The second kappa shape index (κ2) is 5.62. The second-order valence-corrected chi connectivity index (χ2v) is 6.10. The van der Waals surface area contributed by atoms with Crippen molar-refractivity contribution in [3.63, 3.8) is 0 Å². The van der Waals surface area contributed by atoms with Crippen LogP contribution in [-0.4, -0.2) is 32.9 Å². The maximum atomic E-state index is 12.7. The maximum Gasteiger partial charge on any atom is 0.278 e. The van der Waals surface area contributed by atoms with Crippen molar-refractivity contribution in [3.05, 3.63) is 28.6 Å². The van der Waals surface area contributed by atoms with Gasteiger partial charge in [0.05, 0.1) is 18.4 Å². The summed E-state index contributed by atoms with van der Waals surface area (Å²) < 4.78 is 8.51. The number of hydrogen-bond donors (Lipinski definition) is 1. The number of rotatable bonds is 4. The van der Waals surface area contributed by atoms with Crippen LogP contribution in [0.25, 0.3) is 21.9 Å². The van der Waals surface area contributed by atoms with Crippen molar-refractivity contribution in [2.45, 2.75) is 5.16 Å². The minimum atomic E-state index is -0.455. The molecule has 120 valence electrons. The molecule has 7 nitrogen and oxygen atoms in total. The van der Waals surface area contributed by atoms with Crippen LogP contribution in [0.2, 0.25) is 0 Å². The fraction of sp³-hybridized carbons (Fsp3) is 0.267. The minimum Gasteiger partial charge on any atom is -0.497 e. The zero-order chi connectivity index (χ0) is 16.7. The summed E-state index contributed by atoms with van der Waals surface area (Å²) in [5, 5.41) is 1.29. The zero-order valence-electron chi connectivity index (χ0n) is 13.0. The van der Waals surface area contributed by atoms with Crippen LogP contribution in [0.1, 0.15) is 0 Å². The van der Waals surface area contributed by atoms with Crippen molar-refractivity contribution in [2.24, 2.45) is 19.8 Å². The Balaban J connectivity index is 2.34. The Labute approximate surface area is 136 Å². The summed E-state index contributed by atoms with van der Waals surface area (Å²) in [7, 11) is 5.06. The molecule has 2 heterocycles. The summed E-state index contributed by atoms with van der Waals surface area (Å²) >= 11 is 1.15. The number of fused-ring (bicyclic) bond motifs is 3. The number of nitrogens with zero attached hydrogens (tertiary/aromatic N) is 3. The van der Waals surface area contributed by atoms with Crippen LogP contribution in [-0.2, 0) is 18.9 Å². The van der Waals surface area contributed by atoms with Gasteiger partial charge in [-0.15, -0.1) is 0 Å². The topological polar surface area (TPSA) is 92.1 Å². The van der Waals surface area contributed by atoms with Crippen molar-refractivity contribution in [3.8, 4) is 5.75 Å². The van der Waals surface area contributed by atoms with Crippen LogP contribution in [0.4, 0.5) is 0 Å². The highest BCUT2D eigenvalue weighted by Crippen LogP contribution is 2.29. The van der Waals surface area contributed by atoms with Crippen molar-refractivity contribution < 1.29 is 9.53 Å². The van der Waals surface area contributed by atoms with Gasteiger partial charge in [0.2, 0.25) is 5.91 Å². The first-order valence-electron chi connectivity index (χ1n) is 6.88. The first kappa shape index (κ1) is 15.4. The quantitative estimate of drug-likeness (QED) is 0.569. The highest BCUT2D eigenvalue weighted by Gasteiger charge is 2.17.